The Morgan fingerprint density at radius 3 is 2.76 bits per heavy atom. The second-order valence-electron chi connectivity index (χ2n) is 3.98. The molecule has 0 aliphatic heterocycles. The van der Waals surface area contributed by atoms with Crippen LogP contribution in [0.3, 0.4) is 0 Å². The lowest BCUT2D eigenvalue weighted by Crippen LogP contribution is -2.00. The van der Waals surface area contributed by atoms with Gasteiger partial charge in [-0.25, -0.2) is 0 Å². The summed E-state index contributed by atoms with van der Waals surface area (Å²) in [5.74, 6) is -0.788. The average molecular weight is 233 g/mol. The van der Waals surface area contributed by atoms with Crippen LogP contribution in [-0.4, -0.2) is 27.4 Å². The van der Waals surface area contributed by atoms with Crippen LogP contribution in [0, 0.1) is 0 Å². The number of aryl methyl sites for hydroxylation is 1. The summed E-state index contributed by atoms with van der Waals surface area (Å²) in [4.78, 5) is 10.6. The van der Waals surface area contributed by atoms with Crippen LogP contribution in [0.15, 0.2) is 30.5 Å². The van der Waals surface area contributed by atoms with Gasteiger partial charge in [0.2, 0.25) is 0 Å². The molecule has 4 heteroatoms. The van der Waals surface area contributed by atoms with Crippen LogP contribution in [-0.2, 0) is 17.8 Å². The maximum atomic E-state index is 10.6. The van der Waals surface area contributed by atoms with Gasteiger partial charge in [0.05, 0.1) is 6.61 Å². The van der Waals surface area contributed by atoms with E-state index >= 15 is 0 Å². The number of carboxylic acids is 1. The molecule has 0 unspecified atom stereocenters. The Kier molecular flexibility index (Phi) is 3.44. The molecule has 17 heavy (non-hydrogen) atoms. The first-order valence-corrected chi connectivity index (χ1v) is 5.62. The fourth-order valence-electron chi connectivity index (χ4n) is 2.06. The number of aliphatic carboxylic acids is 1. The van der Waals surface area contributed by atoms with Crippen LogP contribution in [0.1, 0.15) is 12.0 Å². The molecule has 1 heterocycles. The van der Waals surface area contributed by atoms with Gasteiger partial charge in [0.15, 0.2) is 0 Å². The van der Waals surface area contributed by atoms with Crippen molar-refractivity contribution in [1.82, 2.24) is 4.57 Å². The number of aliphatic hydroxyl groups is 1. The predicted octanol–water partition coefficient (Wildman–Crippen LogP) is 1.65. The maximum absolute atomic E-state index is 10.6. The van der Waals surface area contributed by atoms with Gasteiger partial charge in [-0.15, -0.1) is 0 Å². The van der Waals surface area contributed by atoms with Crippen molar-refractivity contribution in [3.05, 3.63) is 36.0 Å². The van der Waals surface area contributed by atoms with Gasteiger partial charge in [-0.1, -0.05) is 18.2 Å². The number of fused-ring (bicyclic) bond motifs is 1. The van der Waals surface area contributed by atoms with Gasteiger partial charge in [-0.2, -0.15) is 0 Å². The van der Waals surface area contributed by atoms with Crippen molar-refractivity contribution in [1.29, 1.82) is 0 Å². The monoisotopic (exact) mass is 233 g/mol. The molecule has 0 spiro atoms. The largest absolute Gasteiger partial charge is 0.481 e. The van der Waals surface area contributed by atoms with E-state index in [9.17, 15) is 4.79 Å². The second kappa shape index (κ2) is 5.01. The van der Waals surface area contributed by atoms with Crippen molar-refractivity contribution in [2.75, 3.05) is 6.61 Å². The van der Waals surface area contributed by atoms with Gasteiger partial charge < -0.3 is 14.8 Å². The molecule has 4 nitrogen and oxygen atoms in total. The van der Waals surface area contributed by atoms with Crippen LogP contribution in [0.5, 0.6) is 0 Å². The van der Waals surface area contributed by atoms with Crippen molar-refractivity contribution in [2.45, 2.75) is 19.4 Å². The highest BCUT2D eigenvalue weighted by molar-refractivity contribution is 5.84. The summed E-state index contributed by atoms with van der Waals surface area (Å²) in [6, 6.07) is 7.85. The number of aromatic nitrogens is 1. The summed E-state index contributed by atoms with van der Waals surface area (Å²) in [6.07, 6.45) is 2.59. The van der Waals surface area contributed by atoms with E-state index in [0.717, 1.165) is 16.5 Å². The summed E-state index contributed by atoms with van der Waals surface area (Å²) < 4.78 is 1.96. The fourth-order valence-corrected chi connectivity index (χ4v) is 2.06. The maximum Gasteiger partial charge on any atom is 0.303 e. The third-order valence-electron chi connectivity index (χ3n) is 2.82. The summed E-state index contributed by atoms with van der Waals surface area (Å²) in [7, 11) is 0. The van der Waals surface area contributed by atoms with Gasteiger partial charge >= 0.3 is 5.97 Å². The molecule has 1 aromatic heterocycles. The van der Waals surface area contributed by atoms with E-state index in [4.69, 9.17) is 10.2 Å². The minimum atomic E-state index is -0.788. The number of para-hydroxylation sites is 1. The lowest BCUT2D eigenvalue weighted by molar-refractivity contribution is -0.136. The van der Waals surface area contributed by atoms with Crippen molar-refractivity contribution in [3.63, 3.8) is 0 Å². The molecular weight excluding hydrogens is 218 g/mol. The molecule has 0 atom stereocenters. The minimum Gasteiger partial charge on any atom is -0.481 e. The Bertz CT molecular complexity index is 530. The molecule has 2 aromatic rings. The van der Waals surface area contributed by atoms with Gasteiger partial charge in [-0.3, -0.25) is 4.79 Å². The Labute approximate surface area is 99.1 Å². The fraction of sp³-hybridized carbons (Fsp3) is 0.308. The number of rotatable bonds is 5. The molecule has 1 aromatic carbocycles. The first-order chi connectivity index (χ1) is 8.22. The standard InChI is InChI=1S/C13H15NO3/c15-8-7-14-9-10(5-6-13(16)17)11-3-1-2-4-12(11)14/h1-4,9,15H,5-8H2,(H,16,17). The normalized spacial score (nSPS) is 10.9. The molecule has 0 radical (unpaired) electrons. The predicted molar refractivity (Wildman–Crippen MR) is 65.0 cm³/mol. The molecule has 0 amide bonds. The number of benzene rings is 1. The summed E-state index contributed by atoms with van der Waals surface area (Å²) in [6.45, 7) is 0.616. The molecule has 0 bridgehead atoms. The number of aliphatic hydroxyl groups excluding tert-OH is 1. The number of carboxylic acid groups (broad SMARTS) is 1. The average Bonchev–Trinajstić information content (AvgIpc) is 2.66. The van der Waals surface area contributed by atoms with E-state index in [0.29, 0.717) is 13.0 Å². The first kappa shape index (κ1) is 11.7. The molecule has 2 rings (SSSR count). The van der Waals surface area contributed by atoms with Crippen LogP contribution in [0.2, 0.25) is 0 Å². The number of carbonyl (C=O) groups is 1. The third-order valence-corrected chi connectivity index (χ3v) is 2.82. The van der Waals surface area contributed by atoms with E-state index < -0.39 is 5.97 Å². The number of hydrogen-bond donors (Lipinski definition) is 2. The molecule has 0 aliphatic carbocycles. The van der Waals surface area contributed by atoms with Crippen LogP contribution in [0.4, 0.5) is 0 Å². The quantitative estimate of drug-likeness (QED) is 0.825. The highest BCUT2D eigenvalue weighted by atomic mass is 16.4. The van der Waals surface area contributed by atoms with Gasteiger partial charge in [0.1, 0.15) is 0 Å². The second-order valence-corrected chi connectivity index (χ2v) is 3.98. The SMILES string of the molecule is O=C(O)CCc1cn(CCO)c2ccccc12. The zero-order chi connectivity index (χ0) is 12.3. The van der Waals surface area contributed by atoms with Gasteiger partial charge in [-0.05, 0) is 18.1 Å². The number of hydrogen-bond acceptors (Lipinski definition) is 2. The lowest BCUT2D eigenvalue weighted by atomic mass is 10.1. The summed E-state index contributed by atoms with van der Waals surface area (Å²) >= 11 is 0. The van der Waals surface area contributed by atoms with Crippen molar-refractivity contribution < 1.29 is 15.0 Å². The molecule has 0 saturated carbocycles. The third kappa shape index (κ3) is 2.47. The molecular formula is C13H15NO3. The van der Waals surface area contributed by atoms with Crippen molar-refractivity contribution in [3.8, 4) is 0 Å². The molecule has 0 fully saturated rings. The van der Waals surface area contributed by atoms with Crippen LogP contribution >= 0.6 is 0 Å². The lowest BCUT2D eigenvalue weighted by Gasteiger charge is -2.00. The zero-order valence-corrected chi connectivity index (χ0v) is 9.47. The molecule has 90 valence electrons. The molecule has 0 aliphatic rings. The van der Waals surface area contributed by atoms with Gasteiger partial charge in [0, 0.05) is 30.1 Å². The number of nitrogens with zero attached hydrogens (tertiary/aromatic N) is 1. The molecule has 0 saturated heterocycles. The Balaban J connectivity index is 2.37. The van der Waals surface area contributed by atoms with Gasteiger partial charge in [0.25, 0.3) is 0 Å². The van der Waals surface area contributed by atoms with E-state index in [1.54, 1.807) is 0 Å². The molecule has 2 N–H and O–H groups in total. The smallest absolute Gasteiger partial charge is 0.303 e. The highest BCUT2D eigenvalue weighted by Gasteiger charge is 2.08. The van der Waals surface area contributed by atoms with E-state index in [1.165, 1.54) is 0 Å². The summed E-state index contributed by atoms with van der Waals surface area (Å²) in [5.41, 5.74) is 2.07. The van der Waals surface area contributed by atoms with E-state index in [1.807, 2.05) is 35.0 Å². The summed E-state index contributed by atoms with van der Waals surface area (Å²) in [5, 5.41) is 18.8. The van der Waals surface area contributed by atoms with Crippen LogP contribution < -0.4 is 0 Å². The van der Waals surface area contributed by atoms with Crippen LogP contribution in [0.25, 0.3) is 10.9 Å². The Morgan fingerprint density at radius 1 is 1.29 bits per heavy atom. The zero-order valence-electron chi connectivity index (χ0n) is 9.47. The Hall–Kier alpha value is -1.81. The van der Waals surface area contributed by atoms with E-state index in [-0.39, 0.29) is 13.0 Å². The first-order valence-electron chi connectivity index (χ1n) is 5.62. The van der Waals surface area contributed by atoms with Crippen molar-refractivity contribution in [2.24, 2.45) is 0 Å². The Morgan fingerprint density at radius 2 is 2.06 bits per heavy atom. The highest BCUT2D eigenvalue weighted by Crippen LogP contribution is 2.22. The minimum absolute atomic E-state index is 0.0804. The topological polar surface area (TPSA) is 62.5 Å². The van der Waals surface area contributed by atoms with E-state index in [2.05, 4.69) is 0 Å². The van der Waals surface area contributed by atoms with Crippen molar-refractivity contribution >= 4 is 16.9 Å².